The summed E-state index contributed by atoms with van der Waals surface area (Å²) in [7, 11) is 0. The zero-order valence-corrected chi connectivity index (χ0v) is 15.8. The molecule has 0 saturated heterocycles. The van der Waals surface area contributed by atoms with Gasteiger partial charge >= 0.3 is 0 Å². The highest BCUT2D eigenvalue weighted by Gasteiger charge is 2.25. The molecule has 2 aromatic carbocycles. The molecule has 9 heteroatoms. The molecule has 30 heavy (non-hydrogen) atoms. The maximum absolute atomic E-state index is 12.5. The zero-order chi connectivity index (χ0) is 21.1. The number of anilines is 3. The standard InChI is InChI=1S/C21H18N4O5/c26-20(13-3-10-17(22-14-4-5-14)18(12-13)25(28)29)23-15-6-8-16(9-7-15)24-21(27)19-2-1-11-30-19/h1-3,6-12,14,22H,4-5H2,(H,23,26)(H,24,27). The lowest BCUT2D eigenvalue weighted by atomic mass is 10.1. The number of carbonyl (C=O) groups is 2. The van der Waals surface area contributed by atoms with E-state index in [2.05, 4.69) is 16.0 Å². The number of hydrogen-bond donors (Lipinski definition) is 3. The van der Waals surface area contributed by atoms with Gasteiger partial charge in [0.05, 0.1) is 11.2 Å². The molecule has 9 nitrogen and oxygen atoms in total. The van der Waals surface area contributed by atoms with Crippen LogP contribution in [0.4, 0.5) is 22.7 Å². The fraction of sp³-hybridized carbons (Fsp3) is 0.143. The van der Waals surface area contributed by atoms with E-state index in [9.17, 15) is 19.7 Å². The van der Waals surface area contributed by atoms with Crippen LogP contribution >= 0.6 is 0 Å². The fourth-order valence-electron chi connectivity index (χ4n) is 2.83. The van der Waals surface area contributed by atoms with Crippen LogP contribution < -0.4 is 16.0 Å². The van der Waals surface area contributed by atoms with Crippen molar-refractivity contribution in [2.24, 2.45) is 0 Å². The van der Waals surface area contributed by atoms with Crippen LogP contribution in [0.2, 0.25) is 0 Å². The van der Waals surface area contributed by atoms with Crippen LogP contribution in [0.15, 0.2) is 65.3 Å². The smallest absolute Gasteiger partial charge is 0.293 e. The van der Waals surface area contributed by atoms with Gasteiger partial charge in [-0.15, -0.1) is 0 Å². The molecule has 1 saturated carbocycles. The fourth-order valence-corrected chi connectivity index (χ4v) is 2.83. The average Bonchev–Trinajstić information content (AvgIpc) is 3.37. The largest absolute Gasteiger partial charge is 0.459 e. The van der Waals surface area contributed by atoms with Gasteiger partial charge < -0.3 is 20.4 Å². The minimum Gasteiger partial charge on any atom is -0.459 e. The average molecular weight is 406 g/mol. The highest BCUT2D eigenvalue weighted by molar-refractivity contribution is 6.05. The Bertz CT molecular complexity index is 1090. The number of benzene rings is 2. The second-order valence-corrected chi connectivity index (χ2v) is 6.87. The predicted octanol–water partition coefficient (Wildman–Crippen LogP) is 4.27. The number of hydrogen-bond acceptors (Lipinski definition) is 6. The summed E-state index contributed by atoms with van der Waals surface area (Å²) in [5.74, 6) is -0.666. The molecule has 3 N–H and O–H groups in total. The van der Waals surface area contributed by atoms with Crippen molar-refractivity contribution in [1.29, 1.82) is 0 Å². The minimum absolute atomic E-state index is 0.134. The molecule has 0 unspecified atom stereocenters. The van der Waals surface area contributed by atoms with Crippen molar-refractivity contribution in [3.8, 4) is 0 Å². The number of rotatable bonds is 7. The van der Waals surface area contributed by atoms with Crippen molar-refractivity contribution in [1.82, 2.24) is 0 Å². The van der Waals surface area contributed by atoms with Crippen molar-refractivity contribution in [2.45, 2.75) is 18.9 Å². The van der Waals surface area contributed by atoms with Gasteiger partial charge in [0.25, 0.3) is 17.5 Å². The topological polar surface area (TPSA) is 127 Å². The number of nitro benzene ring substituents is 1. The second-order valence-electron chi connectivity index (χ2n) is 6.87. The maximum Gasteiger partial charge on any atom is 0.293 e. The molecule has 2 amide bonds. The quantitative estimate of drug-likeness (QED) is 0.397. The number of carbonyl (C=O) groups excluding carboxylic acids is 2. The molecule has 0 aliphatic heterocycles. The van der Waals surface area contributed by atoms with Crippen molar-refractivity contribution < 1.29 is 18.9 Å². The minimum atomic E-state index is -0.502. The van der Waals surface area contributed by atoms with Crippen LogP contribution in [-0.4, -0.2) is 22.8 Å². The van der Waals surface area contributed by atoms with E-state index in [0.29, 0.717) is 17.1 Å². The summed E-state index contributed by atoms with van der Waals surface area (Å²) in [4.78, 5) is 35.3. The molecule has 152 valence electrons. The zero-order valence-electron chi connectivity index (χ0n) is 15.8. The van der Waals surface area contributed by atoms with Crippen LogP contribution in [-0.2, 0) is 0 Å². The van der Waals surface area contributed by atoms with E-state index < -0.39 is 10.8 Å². The Labute approximate surface area is 171 Å². The Kier molecular flexibility index (Phi) is 5.17. The lowest BCUT2D eigenvalue weighted by Crippen LogP contribution is -2.13. The third-order valence-corrected chi connectivity index (χ3v) is 4.54. The Morgan fingerprint density at radius 1 is 0.967 bits per heavy atom. The molecule has 1 fully saturated rings. The number of nitrogens with zero attached hydrogens (tertiary/aromatic N) is 1. The molecule has 4 rings (SSSR count). The summed E-state index contributed by atoms with van der Waals surface area (Å²) in [6.07, 6.45) is 3.38. The monoisotopic (exact) mass is 406 g/mol. The molecule has 3 aromatic rings. The van der Waals surface area contributed by atoms with Crippen LogP contribution in [0.5, 0.6) is 0 Å². The summed E-state index contributed by atoms with van der Waals surface area (Å²) < 4.78 is 5.03. The van der Waals surface area contributed by atoms with Crippen molar-refractivity contribution in [2.75, 3.05) is 16.0 Å². The van der Waals surface area contributed by atoms with Crippen molar-refractivity contribution in [3.05, 3.63) is 82.3 Å². The molecular formula is C21H18N4O5. The normalized spacial score (nSPS) is 12.8. The first kappa shape index (κ1) is 19.2. The third kappa shape index (κ3) is 4.46. The number of amides is 2. The van der Waals surface area contributed by atoms with Gasteiger partial charge in [-0.2, -0.15) is 0 Å². The van der Waals surface area contributed by atoms with E-state index in [4.69, 9.17) is 4.42 Å². The van der Waals surface area contributed by atoms with Gasteiger partial charge in [0.1, 0.15) is 5.69 Å². The van der Waals surface area contributed by atoms with E-state index in [1.165, 1.54) is 12.3 Å². The van der Waals surface area contributed by atoms with Gasteiger partial charge in [-0.25, -0.2) is 0 Å². The first-order valence-electron chi connectivity index (χ1n) is 9.31. The molecule has 1 heterocycles. The summed E-state index contributed by atoms with van der Waals surface area (Å²) in [5, 5.41) is 19.8. The predicted molar refractivity (Wildman–Crippen MR) is 111 cm³/mol. The Morgan fingerprint density at radius 2 is 1.63 bits per heavy atom. The molecule has 0 radical (unpaired) electrons. The lowest BCUT2D eigenvalue weighted by molar-refractivity contribution is -0.384. The number of nitrogens with one attached hydrogen (secondary N) is 3. The van der Waals surface area contributed by atoms with E-state index in [-0.39, 0.29) is 29.0 Å². The molecule has 0 spiro atoms. The first-order valence-corrected chi connectivity index (χ1v) is 9.31. The van der Waals surface area contributed by atoms with Crippen LogP contribution in [0.3, 0.4) is 0 Å². The SMILES string of the molecule is O=C(Nc1ccc(NC(=O)c2ccco2)cc1)c1ccc(NC2CC2)c([N+](=O)[O-])c1. The molecule has 0 atom stereocenters. The summed E-state index contributed by atoms with van der Waals surface area (Å²) in [6.45, 7) is 0. The van der Waals surface area contributed by atoms with Gasteiger partial charge in [0.15, 0.2) is 5.76 Å². The Hall–Kier alpha value is -4.14. The van der Waals surface area contributed by atoms with Crippen molar-refractivity contribution in [3.63, 3.8) is 0 Å². The first-order chi connectivity index (χ1) is 14.5. The van der Waals surface area contributed by atoms with Crippen LogP contribution in [0, 0.1) is 10.1 Å². The van der Waals surface area contributed by atoms with Gasteiger partial charge in [-0.05, 0) is 61.4 Å². The van der Waals surface area contributed by atoms with E-state index in [0.717, 1.165) is 12.8 Å². The lowest BCUT2D eigenvalue weighted by Gasteiger charge is -2.09. The molecule has 1 aromatic heterocycles. The molecule has 1 aliphatic rings. The Balaban J connectivity index is 1.42. The van der Waals surface area contributed by atoms with Gasteiger partial charge in [-0.3, -0.25) is 19.7 Å². The van der Waals surface area contributed by atoms with Crippen LogP contribution in [0.1, 0.15) is 33.8 Å². The highest BCUT2D eigenvalue weighted by atomic mass is 16.6. The van der Waals surface area contributed by atoms with Gasteiger partial charge in [0, 0.05) is 29.0 Å². The number of nitro groups is 1. The molecular weight excluding hydrogens is 388 g/mol. The Morgan fingerprint density at radius 3 is 2.20 bits per heavy atom. The molecule has 1 aliphatic carbocycles. The summed E-state index contributed by atoms with van der Waals surface area (Å²) in [5.41, 5.74) is 1.47. The van der Waals surface area contributed by atoms with E-state index >= 15 is 0 Å². The van der Waals surface area contributed by atoms with Gasteiger partial charge in [0.2, 0.25) is 0 Å². The van der Waals surface area contributed by atoms with Crippen LogP contribution in [0.25, 0.3) is 0 Å². The maximum atomic E-state index is 12.5. The van der Waals surface area contributed by atoms with Crippen molar-refractivity contribution >= 4 is 34.6 Å². The second kappa shape index (κ2) is 8.08. The summed E-state index contributed by atoms with van der Waals surface area (Å²) in [6, 6.07) is 14.3. The highest BCUT2D eigenvalue weighted by Crippen LogP contribution is 2.31. The molecule has 0 bridgehead atoms. The summed E-state index contributed by atoms with van der Waals surface area (Å²) >= 11 is 0. The van der Waals surface area contributed by atoms with E-state index in [1.54, 1.807) is 48.5 Å². The number of furan rings is 1. The third-order valence-electron chi connectivity index (χ3n) is 4.54. The van der Waals surface area contributed by atoms with E-state index in [1.807, 2.05) is 0 Å². The van der Waals surface area contributed by atoms with Gasteiger partial charge in [-0.1, -0.05) is 0 Å².